The second kappa shape index (κ2) is 6.26. The van der Waals surface area contributed by atoms with Gasteiger partial charge in [0.15, 0.2) is 11.5 Å². The Balaban J connectivity index is 2.07. The number of nitrogens with one attached hydrogen (secondary N) is 1. The monoisotopic (exact) mass is 338 g/mol. The Kier molecular flexibility index (Phi) is 4.15. The Morgan fingerprint density at radius 2 is 1.92 bits per heavy atom. The van der Waals surface area contributed by atoms with Crippen molar-refractivity contribution in [3.05, 3.63) is 70.1 Å². The Hall–Kier alpha value is -2.98. The highest BCUT2D eigenvalue weighted by atomic mass is 32.2. The second-order valence-electron chi connectivity index (χ2n) is 5.22. The molecular weight excluding hydrogens is 324 g/mol. The molecule has 0 saturated heterocycles. The molecule has 0 aliphatic heterocycles. The van der Waals surface area contributed by atoms with Crippen molar-refractivity contribution in [2.24, 2.45) is 0 Å². The van der Waals surface area contributed by atoms with Crippen LogP contribution >= 0.6 is 0 Å². The van der Waals surface area contributed by atoms with Crippen LogP contribution in [0.1, 0.15) is 5.69 Å². The fourth-order valence-electron chi connectivity index (χ4n) is 2.43. The minimum atomic E-state index is -1.12. The topological polar surface area (TPSA) is 72.1 Å². The second-order valence-corrected chi connectivity index (χ2v) is 6.60. The molecule has 3 rings (SSSR count). The van der Waals surface area contributed by atoms with Crippen molar-refractivity contribution < 1.29 is 4.21 Å². The molecule has 7 heteroatoms. The number of H-pyrrole nitrogens is 1. The van der Waals surface area contributed by atoms with E-state index in [-0.39, 0.29) is 5.56 Å². The summed E-state index contributed by atoms with van der Waals surface area (Å²) in [5.74, 6) is 0.432. The number of benzene rings is 1. The molecule has 1 atom stereocenters. The zero-order chi connectivity index (χ0) is 17.3. The van der Waals surface area contributed by atoms with E-state index in [9.17, 15) is 9.00 Å². The van der Waals surface area contributed by atoms with E-state index in [0.717, 1.165) is 5.56 Å². The van der Waals surface area contributed by atoms with E-state index >= 15 is 0 Å². The maximum atomic E-state index is 12.7. The van der Waals surface area contributed by atoms with Crippen molar-refractivity contribution in [3.63, 3.8) is 0 Å². The largest absolute Gasteiger partial charge is 0.293 e. The van der Waals surface area contributed by atoms with Gasteiger partial charge in [0.05, 0.1) is 27.8 Å². The summed E-state index contributed by atoms with van der Waals surface area (Å²) < 4.78 is 12.8. The summed E-state index contributed by atoms with van der Waals surface area (Å²) in [7, 11) is -1.12. The number of hydrogen-bond acceptors (Lipinski definition) is 3. The summed E-state index contributed by atoms with van der Waals surface area (Å²) in [5, 5.41) is 3.01. The molecule has 0 saturated carbocycles. The molecule has 24 heavy (non-hydrogen) atoms. The number of aryl methyl sites for hydroxylation is 1. The van der Waals surface area contributed by atoms with E-state index in [0.29, 0.717) is 27.7 Å². The van der Waals surface area contributed by atoms with E-state index in [2.05, 4.69) is 14.9 Å². The third kappa shape index (κ3) is 2.79. The molecule has 1 unspecified atom stereocenters. The standard InChI is InChI=1S/C17H14N4O2S/c1-11-16(12-4-6-13(18-2)7-5-12)17(22)21(20-11)15-9-8-14(10-19-15)24(3)23/h4-10,20H,1,3H3. The Bertz CT molecular complexity index is 1010. The quantitative estimate of drug-likeness (QED) is 0.747. The van der Waals surface area contributed by atoms with Gasteiger partial charge in [-0.2, -0.15) is 0 Å². The first kappa shape index (κ1) is 15.9. The smallest absolute Gasteiger partial charge is 0.280 e. The van der Waals surface area contributed by atoms with Crippen LogP contribution in [0.3, 0.4) is 0 Å². The van der Waals surface area contributed by atoms with Crippen molar-refractivity contribution in [1.82, 2.24) is 14.8 Å². The van der Waals surface area contributed by atoms with Gasteiger partial charge in [-0.15, -0.1) is 0 Å². The van der Waals surface area contributed by atoms with E-state index in [1.54, 1.807) is 42.7 Å². The lowest BCUT2D eigenvalue weighted by molar-refractivity contribution is 0.686. The average Bonchev–Trinajstić information content (AvgIpc) is 2.89. The number of pyridine rings is 1. The van der Waals surface area contributed by atoms with Gasteiger partial charge >= 0.3 is 0 Å². The summed E-state index contributed by atoms with van der Waals surface area (Å²) >= 11 is 0. The molecule has 2 aromatic heterocycles. The van der Waals surface area contributed by atoms with E-state index in [4.69, 9.17) is 6.57 Å². The van der Waals surface area contributed by atoms with Crippen molar-refractivity contribution >= 4 is 16.5 Å². The lowest BCUT2D eigenvalue weighted by Gasteiger charge is -2.01. The molecule has 0 aliphatic rings. The first-order valence-corrected chi connectivity index (χ1v) is 8.66. The zero-order valence-corrected chi connectivity index (χ0v) is 13.9. The fourth-order valence-corrected chi connectivity index (χ4v) is 2.89. The molecule has 1 aromatic carbocycles. The molecule has 120 valence electrons. The van der Waals surface area contributed by atoms with Gasteiger partial charge in [-0.3, -0.25) is 14.1 Å². The van der Waals surface area contributed by atoms with Crippen LogP contribution in [0.15, 0.2) is 52.3 Å². The highest BCUT2D eigenvalue weighted by Crippen LogP contribution is 2.22. The number of rotatable bonds is 3. The highest BCUT2D eigenvalue weighted by Gasteiger charge is 2.15. The maximum Gasteiger partial charge on any atom is 0.280 e. The van der Waals surface area contributed by atoms with E-state index in [1.165, 1.54) is 10.9 Å². The van der Waals surface area contributed by atoms with Crippen LogP contribution in [-0.4, -0.2) is 25.2 Å². The van der Waals surface area contributed by atoms with Crippen molar-refractivity contribution in [2.75, 3.05) is 6.26 Å². The zero-order valence-electron chi connectivity index (χ0n) is 13.1. The predicted molar refractivity (Wildman–Crippen MR) is 93.0 cm³/mol. The summed E-state index contributed by atoms with van der Waals surface area (Å²) in [6.07, 6.45) is 3.07. The molecule has 6 nitrogen and oxygen atoms in total. The van der Waals surface area contributed by atoms with Gasteiger partial charge in [0.2, 0.25) is 0 Å². The molecule has 0 fully saturated rings. The van der Waals surface area contributed by atoms with Crippen molar-refractivity contribution in [1.29, 1.82) is 0 Å². The van der Waals surface area contributed by atoms with Crippen LogP contribution in [0, 0.1) is 13.5 Å². The van der Waals surface area contributed by atoms with E-state index in [1.807, 2.05) is 6.92 Å². The Labute approximate surface area is 141 Å². The average molecular weight is 338 g/mol. The van der Waals surface area contributed by atoms with Crippen molar-refractivity contribution in [3.8, 4) is 16.9 Å². The molecule has 0 aliphatic carbocycles. The molecule has 0 bridgehead atoms. The van der Waals surface area contributed by atoms with Crippen molar-refractivity contribution in [2.45, 2.75) is 11.8 Å². The Morgan fingerprint density at radius 3 is 2.46 bits per heavy atom. The van der Waals surface area contributed by atoms with Crippen LogP contribution < -0.4 is 5.56 Å². The van der Waals surface area contributed by atoms with Gasteiger partial charge in [0.1, 0.15) is 0 Å². The maximum absolute atomic E-state index is 12.7. The van der Waals surface area contributed by atoms with Crippen LogP contribution in [0.5, 0.6) is 0 Å². The SMILES string of the molecule is [C-]#[N+]c1ccc(-c2c(C)[nH]n(-c3ccc(S(C)=O)cn3)c2=O)cc1. The lowest BCUT2D eigenvalue weighted by atomic mass is 10.1. The van der Waals surface area contributed by atoms with Gasteiger partial charge < -0.3 is 0 Å². The molecule has 0 radical (unpaired) electrons. The molecule has 0 spiro atoms. The van der Waals surface area contributed by atoms with Gasteiger partial charge in [-0.1, -0.05) is 24.3 Å². The highest BCUT2D eigenvalue weighted by molar-refractivity contribution is 7.84. The van der Waals surface area contributed by atoms with Gasteiger partial charge in [0, 0.05) is 18.1 Å². The molecule has 3 aromatic rings. The predicted octanol–water partition coefficient (Wildman–Crippen LogP) is 2.82. The number of nitrogens with zero attached hydrogens (tertiary/aromatic N) is 3. The van der Waals surface area contributed by atoms with Gasteiger partial charge in [-0.05, 0) is 24.6 Å². The molecule has 2 heterocycles. The number of aromatic nitrogens is 3. The summed E-state index contributed by atoms with van der Waals surface area (Å²) in [6, 6.07) is 10.2. The third-order valence-electron chi connectivity index (χ3n) is 3.64. The van der Waals surface area contributed by atoms with Crippen LogP contribution in [-0.2, 0) is 10.8 Å². The minimum Gasteiger partial charge on any atom is -0.293 e. The van der Waals surface area contributed by atoms with Crippen LogP contribution in [0.2, 0.25) is 0 Å². The number of hydrogen-bond donors (Lipinski definition) is 1. The lowest BCUT2D eigenvalue weighted by Crippen LogP contribution is -2.16. The summed E-state index contributed by atoms with van der Waals surface area (Å²) in [5.41, 5.74) is 2.29. The summed E-state index contributed by atoms with van der Waals surface area (Å²) in [4.78, 5) is 20.9. The minimum absolute atomic E-state index is 0.221. The normalized spacial score (nSPS) is 11.9. The first-order chi connectivity index (χ1) is 11.5. The number of aromatic amines is 1. The summed E-state index contributed by atoms with van der Waals surface area (Å²) in [6.45, 7) is 8.80. The fraction of sp³-hybridized carbons (Fsp3) is 0.118. The van der Waals surface area contributed by atoms with Crippen LogP contribution in [0.4, 0.5) is 5.69 Å². The first-order valence-electron chi connectivity index (χ1n) is 7.10. The van der Waals surface area contributed by atoms with E-state index < -0.39 is 10.8 Å². The van der Waals surface area contributed by atoms with Gasteiger partial charge in [0.25, 0.3) is 5.56 Å². The van der Waals surface area contributed by atoms with Crippen LogP contribution in [0.25, 0.3) is 21.8 Å². The third-order valence-corrected chi connectivity index (χ3v) is 4.54. The molecule has 0 amide bonds. The molecular formula is C17H14N4O2S. The Morgan fingerprint density at radius 1 is 1.21 bits per heavy atom. The molecule has 1 N–H and O–H groups in total. The van der Waals surface area contributed by atoms with Gasteiger partial charge in [-0.25, -0.2) is 14.5 Å².